The summed E-state index contributed by atoms with van der Waals surface area (Å²) in [4.78, 5) is 24.6. The quantitative estimate of drug-likeness (QED) is 0.714. The molecule has 28 heavy (non-hydrogen) atoms. The molecule has 0 unspecified atom stereocenters. The highest BCUT2D eigenvalue weighted by Crippen LogP contribution is 2.32. The van der Waals surface area contributed by atoms with Gasteiger partial charge in [0.15, 0.2) is 17.1 Å². The largest absolute Gasteiger partial charge is 0.477 e. The molecule has 1 saturated heterocycles. The zero-order chi connectivity index (χ0) is 19.5. The Morgan fingerprint density at radius 1 is 1.04 bits per heavy atom. The van der Waals surface area contributed by atoms with Crippen molar-refractivity contribution in [1.29, 1.82) is 0 Å². The number of carbonyl (C=O) groups is 1. The molecule has 1 aliphatic heterocycles. The summed E-state index contributed by atoms with van der Waals surface area (Å²) in [6, 6.07) is 8.59. The molecule has 144 valence electrons. The van der Waals surface area contributed by atoms with E-state index in [1.165, 1.54) is 0 Å². The third-order valence-corrected chi connectivity index (χ3v) is 4.88. The zero-order valence-electron chi connectivity index (χ0n) is 15.0. The summed E-state index contributed by atoms with van der Waals surface area (Å²) in [5, 5.41) is 14.5. The van der Waals surface area contributed by atoms with Crippen molar-refractivity contribution < 1.29 is 14.4 Å². The Hall–Kier alpha value is -3.13. The van der Waals surface area contributed by atoms with Gasteiger partial charge in [-0.05, 0) is 36.8 Å². The zero-order valence-corrected chi connectivity index (χ0v) is 15.7. The summed E-state index contributed by atoms with van der Waals surface area (Å²) in [5.41, 5.74) is 0.682. The summed E-state index contributed by atoms with van der Waals surface area (Å²) in [7, 11) is 0. The highest BCUT2D eigenvalue weighted by Gasteiger charge is 2.29. The van der Waals surface area contributed by atoms with E-state index in [0.29, 0.717) is 42.0 Å². The number of halogens is 1. The molecule has 0 aliphatic carbocycles. The van der Waals surface area contributed by atoms with E-state index in [9.17, 15) is 9.90 Å². The van der Waals surface area contributed by atoms with Gasteiger partial charge >= 0.3 is 5.97 Å². The Bertz CT molecular complexity index is 961. The van der Waals surface area contributed by atoms with Crippen LogP contribution in [0.1, 0.15) is 16.8 Å². The van der Waals surface area contributed by atoms with Crippen LogP contribution >= 0.6 is 11.6 Å². The van der Waals surface area contributed by atoms with Crippen LogP contribution in [-0.4, -0.2) is 52.4 Å². The van der Waals surface area contributed by atoms with Crippen LogP contribution in [0.3, 0.4) is 0 Å². The van der Waals surface area contributed by atoms with Crippen molar-refractivity contribution in [3.8, 4) is 11.3 Å². The lowest BCUT2D eigenvalue weighted by Crippen LogP contribution is -2.32. The second-order valence-electron chi connectivity index (χ2n) is 6.40. The fraction of sp³-hybridized carbons (Fsp3) is 0.263. The van der Waals surface area contributed by atoms with Gasteiger partial charge in [0.1, 0.15) is 0 Å². The molecule has 0 saturated carbocycles. The van der Waals surface area contributed by atoms with E-state index in [-0.39, 0.29) is 11.3 Å². The molecule has 0 amide bonds. The molecule has 0 radical (unpaired) electrons. The van der Waals surface area contributed by atoms with Crippen molar-refractivity contribution in [2.24, 2.45) is 0 Å². The molecule has 8 nitrogen and oxygen atoms in total. The van der Waals surface area contributed by atoms with Gasteiger partial charge in [-0.15, -0.1) is 0 Å². The summed E-state index contributed by atoms with van der Waals surface area (Å²) >= 11 is 5.93. The van der Waals surface area contributed by atoms with Gasteiger partial charge in [-0.1, -0.05) is 16.8 Å². The number of hydrogen-bond donors (Lipinski definition) is 1. The maximum absolute atomic E-state index is 12.0. The van der Waals surface area contributed by atoms with Gasteiger partial charge in [0.25, 0.3) is 0 Å². The van der Waals surface area contributed by atoms with E-state index >= 15 is 0 Å². The summed E-state index contributed by atoms with van der Waals surface area (Å²) in [6.07, 6.45) is 4.24. The molecule has 1 aromatic carbocycles. The Labute approximate surface area is 166 Å². The van der Waals surface area contributed by atoms with Crippen molar-refractivity contribution in [2.75, 3.05) is 36.0 Å². The van der Waals surface area contributed by atoms with Gasteiger partial charge in [0, 0.05) is 49.2 Å². The van der Waals surface area contributed by atoms with Crippen molar-refractivity contribution in [3.05, 3.63) is 53.3 Å². The molecule has 1 fully saturated rings. The average Bonchev–Trinajstić information content (AvgIpc) is 3.01. The number of anilines is 2. The lowest BCUT2D eigenvalue weighted by atomic mass is 10.1. The highest BCUT2D eigenvalue weighted by molar-refractivity contribution is 6.30. The average molecular weight is 400 g/mol. The first-order chi connectivity index (χ1) is 13.6. The van der Waals surface area contributed by atoms with E-state index < -0.39 is 5.97 Å². The third kappa shape index (κ3) is 3.63. The molecular weight excluding hydrogens is 382 g/mol. The van der Waals surface area contributed by atoms with Crippen LogP contribution in [0.4, 0.5) is 11.8 Å². The van der Waals surface area contributed by atoms with Crippen molar-refractivity contribution in [2.45, 2.75) is 6.42 Å². The number of benzene rings is 1. The molecule has 1 aliphatic rings. The summed E-state index contributed by atoms with van der Waals surface area (Å²) in [5.74, 6) is 0.165. The van der Waals surface area contributed by atoms with Crippen LogP contribution < -0.4 is 9.80 Å². The Balaban J connectivity index is 1.60. The van der Waals surface area contributed by atoms with Gasteiger partial charge in [-0.3, -0.25) is 0 Å². The highest BCUT2D eigenvalue weighted by atomic mass is 35.5. The normalized spacial score (nSPS) is 14.8. The number of carboxylic acid groups (broad SMARTS) is 1. The van der Waals surface area contributed by atoms with Gasteiger partial charge in [0.2, 0.25) is 5.95 Å². The van der Waals surface area contributed by atoms with Crippen molar-refractivity contribution >= 4 is 29.3 Å². The molecule has 0 bridgehead atoms. The second-order valence-corrected chi connectivity index (χ2v) is 6.84. The predicted molar refractivity (Wildman–Crippen MR) is 105 cm³/mol. The van der Waals surface area contributed by atoms with Crippen LogP contribution in [0, 0.1) is 0 Å². The van der Waals surface area contributed by atoms with E-state index in [1.807, 2.05) is 4.90 Å². The SMILES string of the molecule is O=C(O)c1c(N2CCCN(c3ncccn3)CC2)noc1-c1ccc(Cl)cc1. The fourth-order valence-corrected chi connectivity index (χ4v) is 3.40. The monoisotopic (exact) mass is 399 g/mol. The molecule has 9 heteroatoms. The van der Waals surface area contributed by atoms with Crippen molar-refractivity contribution in [1.82, 2.24) is 15.1 Å². The Kier molecular flexibility index (Phi) is 5.12. The lowest BCUT2D eigenvalue weighted by molar-refractivity contribution is 0.0698. The number of hydrogen-bond acceptors (Lipinski definition) is 7. The predicted octanol–water partition coefficient (Wildman–Crippen LogP) is 3.20. The number of rotatable bonds is 4. The van der Waals surface area contributed by atoms with E-state index in [1.54, 1.807) is 42.7 Å². The summed E-state index contributed by atoms with van der Waals surface area (Å²) < 4.78 is 5.43. The number of nitrogens with zero attached hydrogens (tertiary/aromatic N) is 5. The molecule has 2 aromatic heterocycles. The van der Waals surface area contributed by atoms with E-state index in [0.717, 1.165) is 13.0 Å². The van der Waals surface area contributed by atoms with Crippen molar-refractivity contribution in [3.63, 3.8) is 0 Å². The van der Waals surface area contributed by atoms with Crippen LogP contribution in [0.2, 0.25) is 5.02 Å². The number of aromatic nitrogens is 3. The molecule has 4 rings (SSSR count). The molecule has 0 spiro atoms. The van der Waals surface area contributed by atoms with Crippen LogP contribution in [-0.2, 0) is 0 Å². The minimum absolute atomic E-state index is 0.0618. The van der Waals surface area contributed by atoms with E-state index in [2.05, 4.69) is 20.0 Å². The standard InChI is InChI=1S/C19H18ClN5O3/c20-14-5-3-13(4-6-14)16-15(18(26)27)17(23-28-16)24-9-2-10-25(12-11-24)19-21-7-1-8-22-19/h1,3-8H,2,9-12H2,(H,26,27). The first-order valence-electron chi connectivity index (χ1n) is 8.89. The fourth-order valence-electron chi connectivity index (χ4n) is 3.27. The van der Waals surface area contributed by atoms with Gasteiger partial charge in [-0.25, -0.2) is 14.8 Å². The first-order valence-corrected chi connectivity index (χ1v) is 9.27. The minimum atomic E-state index is -1.08. The number of carboxylic acids is 1. The Morgan fingerprint density at radius 2 is 1.71 bits per heavy atom. The lowest BCUT2D eigenvalue weighted by Gasteiger charge is -2.21. The number of aromatic carboxylic acids is 1. The smallest absolute Gasteiger partial charge is 0.343 e. The first kappa shape index (κ1) is 18.2. The van der Waals surface area contributed by atoms with E-state index in [4.69, 9.17) is 16.1 Å². The van der Waals surface area contributed by atoms with Crippen LogP contribution in [0.5, 0.6) is 0 Å². The minimum Gasteiger partial charge on any atom is -0.477 e. The van der Waals surface area contributed by atoms with Gasteiger partial charge < -0.3 is 19.4 Å². The topological polar surface area (TPSA) is 95.6 Å². The van der Waals surface area contributed by atoms with Crippen LogP contribution in [0.25, 0.3) is 11.3 Å². The third-order valence-electron chi connectivity index (χ3n) is 4.62. The maximum Gasteiger partial charge on any atom is 0.343 e. The molecule has 0 atom stereocenters. The Morgan fingerprint density at radius 3 is 2.43 bits per heavy atom. The van der Waals surface area contributed by atoms with Gasteiger partial charge in [-0.2, -0.15) is 0 Å². The molecule has 1 N–H and O–H groups in total. The maximum atomic E-state index is 12.0. The molecule has 3 aromatic rings. The molecular formula is C19H18ClN5O3. The van der Waals surface area contributed by atoms with Gasteiger partial charge in [0.05, 0.1) is 0 Å². The summed E-state index contributed by atoms with van der Waals surface area (Å²) in [6.45, 7) is 2.69. The van der Waals surface area contributed by atoms with Crippen LogP contribution in [0.15, 0.2) is 47.2 Å². The second kappa shape index (κ2) is 7.85. The molecule has 3 heterocycles.